The van der Waals surface area contributed by atoms with Gasteiger partial charge in [0.1, 0.15) is 5.75 Å². The van der Waals surface area contributed by atoms with E-state index in [0.29, 0.717) is 6.54 Å². The molecule has 0 saturated heterocycles. The van der Waals surface area contributed by atoms with Crippen LogP contribution in [0.3, 0.4) is 0 Å². The summed E-state index contributed by atoms with van der Waals surface area (Å²) >= 11 is 1.79. The third kappa shape index (κ3) is 6.68. The summed E-state index contributed by atoms with van der Waals surface area (Å²) < 4.78 is 5.44. The second-order valence-corrected chi connectivity index (χ2v) is 6.30. The summed E-state index contributed by atoms with van der Waals surface area (Å²) in [4.78, 5) is 6.04. The van der Waals surface area contributed by atoms with Crippen LogP contribution in [0.4, 0.5) is 0 Å². The molecule has 4 nitrogen and oxygen atoms in total. The number of hydrogen-bond acceptors (Lipinski definition) is 3. The first-order valence-corrected chi connectivity index (χ1v) is 8.79. The molecule has 2 rings (SSSR count). The van der Waals surface area contributed by atoms with Gasteiger partial charge in [0.25, 0.3) is 0 Å². The molecule has 0 radical (unpaired) electrons. The van der Waals surface area contributed by atoms with E-state index in [9.17, 15) is 0 Å². The normalized spacial score (nSPS) is 10.9. The van der Waals surface area contributed by atoms with Crippen LogP contribution < -0.4 is 15.4 Å². The van der Waals surface area contributed by atoms with Gasteiger partial charge in [0.05, 0.1) is 13.7 Å². The highest BCUT2D eigenvalue weighted by molar-refractivity contribution is 14.0. The number of rotatable bonds is 7. The van der Waals surface area contributed by atoms with Crippen molar-refractivity contribution in [2.75, 3.05) is 20.2 Å². The highest BCUT2D eigenvalue weighted by atomic mass is 127. The zero-order valence-electron chi connectivity index (χ0n) is 14.5. The number of halogens is 1. The number of ether oxygens (including phenoxy) is 1. The quantitative estimate of drug-likeness (QED) is 0.374. The lowest BCUT2D eigenvalue weighted by atomic mass is 10.1. The second kappa shape index (κ2) is 11.3. The second-order valence-electron chi connectivity index (χ2n) is 5.27. The van der Waals surface area contributed by atoms with Crippen LogP contribution in [0.2, 0.25) is 0 Å². The lowest BCUT2D eigenvalue weighted by Gasteiger charge is -2.12. The fourth-order valence-corrected chi connectivity index (χ4v) is 2.96. The first-order valence-electron chi connectivity index (χ1n) is 7.91. The highest BCUT2D eigenvalue weighted by Crippen LogP contribution is 2.20. The smallest absolute Gasteiger partial charge is 0.191 e. The van der Waals surface area contributed by atoms with E-state index in [0.717, 1.165) is 36.8 Å². The van der Waals surface area contributed by atoms with Gasteiger partial charge in [-0.1, -0.05) is 18.2 Å². The van der Waals surface area contributed by atoms with E-state index in [-0.39, 0.29) is 24.0 Å². The van der Waals surface area contributed by atoms with Crippen LogP contribution in [0, 0.1) is 6.92 Å². The number of nitrogens with zero attached hydrogens (tertiary/aromatic N) is 1. The van der Waals surface area contributed by atoms with Gasteiger partial charge < -0.3 is 15.4 Å². The lowest BCUT2D eigenvalue weighted by molar-refractivity contribution is 0.409. The fourth-order valence-electron chi connectivity index (χ4n) is 2.25. The van der Waals surface area contributed by atoms with Gasteiger partial charge in [-0.3, -0.25) is 0 Å². The molecule has 6 heteroatoms. The van der Waals surface area contributed by atoms with Crippen molar-refractivity contribution >= 4 is 41.3 Å². The molecule has 24 heavy (non-hydrogen) atoms. The fraction of sp³-hybridized carbons (Fsp3) is 0.389. The predicted molar refractivity (Wildman–Crippen MR) is 114 cm³/mol. The number of nitrogens with one attached hydrogen (secondary N) is 2. The third-order valence-corrected chi connectivity index (χ3v) is 4.37. The van der Waals surface area contributed by atoms with Crippen LogP contribution in [0.1, 0.15) is 22.9 Å². The minimum Gasteiger partial charge on any atom is -0.496 e. The molecule has 0 saturated carbocycles. The monoisotopic (exact) mass is 459 g/mol. The standard InChI is InChI=1S/C18H25N3OS.HI/c1-4-19-18(20-10-9-16-6-5-11-23-16)21-13-15-8-7-14(2)12-17(15)22-3;/h5-8,11-12H,4,9-10,13H2,1-3H3,(H2,19,20,21);1H. The molecule has 0 unspecified atom stereocenters. The van der Waals surface area contributed by atoms with Gasteiger partial charge in [-0.25, -0.2) is 4.99 Å². The van der Waals surface area contributed by atoms with E-state index in [1.54, 1.807) is 18.4 Å². The molecule has 1 aromatic carbocycles. The number of guanidine groups is 1. The Bertz CT molecular complexity index is 629. The average Bonchev–Trinajstić information content (AvgIpc) is 3.06. The van der Waals surface area contributed by atoms with Crippen molar-refractivity contribution in [2.45, 2.75) is 26.8 Å². The largest absolute Gasteiger partial charge is 0.496 e. The molecular formula is C18H26IN3OS. The van der Waals surface area contributed by atoms with Crippen molar-refractivity contribution in [3.8, 4) is 5.75 Å². The van der Waals surface area contributed by atoms with Crippen molar-refractivity contribution in [1.82, 2.24) is 10.6 Å². The highest BCUT2D eigenvalue weighted by Gasteiger charge is 2.04. The van der Waals surface area contributed by atoms with Crippen LogP contribution >= 0.6 is 35.3 Å². The molecule has 0 spiro atoms. The molecule has 0 amide bonds. The van der Waals surface area contributed by atoms with E-state index in [1.165, 1.54) is 10.4 Å². The molecular weight excluding hydrogens is 433 g/mol. The number of aliphatic imine (C=N–C) groups is 1. The Labute approximate surface area is 165 Å². The zero-order chi connectivity index (χ0) is 16.5. The SMILES string of the molecule is CCNC(=NCc1ccc(C)cc1OC)NCCc1cccs1.I. The first-order chi connectivity index (χ1) is 11.2. The van der Waals surface area contributed by atoms with Crippen LogP contribution in [-0.4, -0.2) is 26.2 Å². The number of thiophene rings is 1. The van der Waals surface area contributed by atoms with Crippen LogP contribution in [0.25, 0.3) is 0 Å². The van der Waals surface area contributed by atoms with Crippen molar-refractivity contribution in [3.05, 3.63) is 51.7 Å². The van der Waals surface area contributed by atoms with E-state index in [2.05, 4.69) is 59.1 Å². The van der Waals surface area contributed by atoms with E-state index in [4.69, 9.17) is 4.74 Å². The van der Waals surface area contributed by atoms with E-state index >= 15 is 0 Å². The molecule has 0 aliphatic heterocycles. The maximum Gasteiger partial charge on any atom is 0.191 e. The molecule has 0 bridgehead atoms. The van der Waals surface area contributed by atoms with Crippen molar-refractivity contribution < 1.29 is 4.74 Å². The molecule has 0 atom stereocenters. The first kappa shape index (κ1) is 20.8. The number of benzene rings is 1. The molecule has 0 fully saturated rings. The molecule has 1 aromatic heterocycles. The van der Waals surface area contributed by atoms with Gasteiger partial charge in [-0.15, -0.1) is 35.3 Å². The third-order valence-electron chi connectivity index (χ3n) is 3.44. The predicted octanol–water partition coefficient (Wildman–Crippen LogP) is 3.98. The number of methoxy groups -OCH3 is 1. The number of hydrogen-bond donors (Lipinski definition) is 2. The molecule has 0 aliphatic rings. The zero-order valence-corrected chi connectivity index (χ0v) is 17.6. The van der Waals surface area contributed by atoms with Gasteiger partial charge >= 0.3 is 0 Å². The van der Waals surface area contributed by atoms with Crippen LogP contribution in [-0.2, 0) is 13.0 Å². The van der Waals surface area contributed by atoms with Crippen molar-refractivity contribution in [2.24, 2.45) is 4.99 Å². The maximum absolute atomic E-state index is 5.44. The van der Waals surface area contributed by atoms with Gasteiger partial charge in [0, 0.05) is 23.5 Å². The van der Waals surface area contributed by atoms with E-state index < -0.39 is 0 Å². The maximum atomic E-state index is 5.44. The van der Waals surface area contributed by atoms with Gasteiger partial charge in [0.15, 0.2) is 5.96 Å². The summed E-state index contributed by atoms with van der Waals surface area (Å²) in [6, 6.07) is 10.5. The summed E-state index contributed by atoms with van der Waals surface area (Å²) in [5, 5.41) is 8.78. The van der Waals surface area contributed by atoms with Crippen LogP contribution in [0.15, 0.2) is 40.7 Å². The van der Waals surface area contributed by atoms with E-state index in [1.807, 2.05) is 6.07 Å². The van der Waals surface area contributed by atoms with Crippen molar-refractivity contribution in [1.29, 1.82) is 0 Å². The van der Waals surface area contributed by atoms with Gasteiger partial charge in [0.2, 0.25) is 0 Å². The Morgan fingerprint density at radius 1 is 1.25 bits per heavy atom. The Morgan fingerprint density at radius 2 is 2.08 bits per heavy atom. The molecule has 2 N–H and O–H groups in total. The molecule has 1 heterocycles. The minimum absolute atomic E-state index is 0. The molecule has 132 valence electrons. The Kier molecular flexibility index (Phi) is 9.78. The summed E-state index contributed by atoms with van der Waals surface area (Å²) in [5.74, 6) is 1.73. The Hall–Kier alpha value is -1.28. The average molecular weight is 459 g/mol. The van der Waals surface area contributed by atoms with Crippen LogP contribution in [0.5, 0.6) is 5.75 Å². The molecule has 2 aromatic rings. The number of aryl methyl sites for hydroxylation is 1. The summed E-state index contributed by atoms with van der Waals surface area (Å²) in [7, 11) is 1.70. The van der Waals surface area contributed by atoms with Gasteiger partial charge in [-0.05, 0) is 43.3 Å². The van der Waals surface area contributed by atoms with Crippen molar-refractivity contribution in [3.63, 3.8) is 0 Å². The lowest BCUT2D eigenvalue weighted by Crippen LogP contribution is -2.38. The Balaban J connectivity index is 0.00000288. The Morgan fingerprint density at radius 3 is 2.75 bits per heavy atom. The summed E-state index contributed by atoms with van der Waals surface area (Å²) in [5.41, 5.74) is 2.28. The minimum atomic E-state index is 0. The summed E-state index contributed by atoms with van der Waals surface area (Å²) in [6.07, 6.45) is 1.01. The summed E-state index contributed by atoms with van der Waals surface area (Å²) in [6.45, 7) is 6.44. The topological polar surface area (TPSA) is 45.7 Å². The van der Waals surface area contributed by atoms with Gasteiger partial charge in [-0.2, -0.15) is 0 Å². The molecule has 0 aliphatic carbocycles.